The summed E-state index contributed by atoms with van der Waals surface area (Å²) in [6, 6.07) is 8.06. The summed E-state index contributed by atoms with van der Waals surface area (Å²) in [5.41, 5.74) is 1.16. The van der Waals surface area contributed by atoms with Crippen molar-refractivity contribution in [3.8, 4) is 5.75 Å². The fourth-order valence-corrected chi connectivity index (χ4v) is 3.30. The molecule has 1 aliphatic heterocycles. The lowest BCUT2D eigenvalue weighted by Crippen LogP contribution is -2.49. The van der Waals surface area contributed by atoms with Gasteiger partial charge in [0.1, 0.15) is 17.6 Å². The molecule has 0 spiro atoms. The second-order valence-electron chi connectivity index (χ2n) is 6.70. The first-order valence-electron chi connectivity index (χ1n) is 9.38. The highest BCUT2D eigenvalue weighted by atomic mass is 35.5. The Balaban J connectivity index is 0.00000261. The van der Waals surface area contributed by atoms with Crippen LogP contribution in [0.4, 0.5) is 0 Å². The van der Waals surface area contributed by atoms with Crippen LogP contribution in [0.15, 0.2) is 36.7 Å². The Bertz CT molecular complexity index is 717. The number of hydrogen-bond donors (Lipinski definition) is 1. The molecule has 1 saturated heterocycles. The number of benzene rings is 1. The third-order valence-corrected chi connectivity index (χ3v) is 4.74. The molecule has 2 heterocycles. The van der Waals surface area contributed by atoms with E-state index in [-0.39, 0.29) is 24.4 Å². The lowest BCUT2D eigenvalue weighted by atomic mass is 10.1. The molecule has 1 aliphatic rings. The fourth-order valence-electron chi connectivity index (χ4n) is 3.30. The average molecular weight is 393 g/mol. The Hall–Kier alpha value is -2.05. The number of rotatable bonds is 7. The van der Waals surface area contributed by atoms with Gasteiger partial charge in [-0.25, -0.2) is 4.98 Å². The number of aromatic nitrogens is 2. The molecule has 148 valence electrons. The molecule has 1 N–H and O–H groups in total. The van der Waals surface area contributed by atoms with Crippen molar-refractivity contribution in [3.05, 3.63) is 48.0 Å². The Morgan fingerprint density at radius 2 is 2.11 bits per heavy atom. The summed E-state index contributed by atoms with van der Waals surface area (Å²) < 4.78 is 7.60. The molecule has 1 fully saturated rings. The van der Waals surface area contributed by atoms with E-state index in [1.165, 1.54) is 0 Å². The lowest BCUT2D eigenvalue weighted by molar-refractivity contribution is -0.134. The van der Waals surface area contributed by atoms with Gasteiger partial charge >= 0.3 is 0 Å². The molecule has 1 aromatic carbocycles. The van der Waals surface area contributed by atoms with Gasteiger partial charge in [-0.05, 0) is 30.5 Å². The van der Waals surface area contributed by atoms with E-state index in [9.17, 15) is 4.79 Å². The van der Waals surface area contributed by atoms with Crippen molar-refractivity contribution >= 4 is 18.3 Å². The van der Waals surface area contributed by atoms with Gasteiger partial charge < -0.3 is 19.5 Å². The molecule has 1 amide bonds. The maximum Gasteiger partial charge on any atom is 0.223 e. The Morgan fingerprint density at radius 1 is 1.33 bits per heavy atom. The van der Waals surface area contributed by atoms with E-state index in [4.69, 9.17) is 4.74 Å². The number of ether oxygens (including phenoxy) is 1. The van der Waals surface area contributed by atoms with Crippen LogP contribution in [0, 0.1) is 0 Å². The SMILES string of the molecule is CCCOc1ccc(CCC(=O)N2CCNCC2c2nccn2C)cc1.Cl. The monoisotopic (exact) mass is 392 g/mol. The van der Waals surface area contributed by atoms with Crippen LogP contribution in [-0.4, -0.2) is 46.6 Å². The second-order valence-corrected chi connectivity index (χ2v) is 6.70. The normalized spacial score (nSPS) is 16.7. The number of imidazole rings is 1. The minimum absolute atomic E-state index is 0. The third kappa shape index (κ3) is 5.47. The molecule has 1 aromatic heterocycles. The van der Waals surface area contributed by atoms with E-state index in [2.05, 4.69) is 17.2 Å². The number of carbonyl (C=O) groups excluding carboxylic acids is 1. The maximum atomic E-state index is 12.8. The van der Waals surface area contributed by atoms with Crippen LogP contribution in [0.2, 0.25) is 0 Å². The first kappa shape index (κ1) is 21.3. The number of piperazine rings is 1. The zero-order valence-electron chi connectivity index (χ0n) is 16.1. The van der Waals surface area contributed by atoms with Crippen molar-refractivity contribution in [1.29, 1.82) is 0 Å². The van der Waals surface area contributed by atoms with E-state index < -0.39 is 0 Å². The molecular formula is C20H29ClN4O2. The van der Waals surface area contributed by atoms with E-state index in [1.54, 1.807) is 6.20 Å². The highest BCUT2D eigenvalue weighted by molar-refractivity contribution is 5.85. The largest absolute Gasteiger partial charge is 0.494 e. The van der Waals surface area contributed by atoms with Gasteiger partial charge in [-0.2, -0.15) is 0 Å². The molecule has 1 atom stereocenters. The minimum atomic E-state index is 0. The molecule has 27 heavy (non-hydrogen) atoms. The van der Waals surface area contributed by atoms with Crippen LogP contribution in [0.1, 0.15) is 37.2 Å². The van der Waals surface area contributed by atoms with Gasteiger partial charge in [0.05, 0.1) is 6.61 Å². The molecular weight excluding hydrogens is 364 g/mol. The molecule has 6 nitrogen and oxygen atoms in total. The van der Waals surface area contributed by atoms with Crippen LogP contribution in [0.3, 0.4) is 0 Å². The van der Waals surface area contributed by atoms with Crippen LogP contribution >= 0.6 is 12.4 Å². The van der Waals surface area contributed by atoms with Crippen molar-refractivity contribution in [2.24, 2.45) is 7.05 Å². The number of carbonyl (C=O) groups is 1. The van der Waals surface area contributed by atoms with E-state index in [0.29, 0.717) is 6.42 Å². The van der Waals surface area contributed by atoms with Gasteiger partial charge in [-0.3, -0.25) is 4.79 Å². The molecule has 0 aliphatic carbocycles. The molecule has 0 saturated carbocycles. The summed E-state index contributed by atoms with van der Waals surface area (Å²) in [5.74, 6) is 2.01. The smallest absolute Gasteiger partial charge is 0.223 e. The van der Waals surface area contributed by atoms with Crippen molar-refractivity contribution in [3.63, 3.8) is 0 Å². The van der Waals surface area contributed by atoms with Gasteiger partial charge in [-0.1, -0.05) is 19.1 Å². The fraction of sp³-hybridized carbons (Fsp3) is 0.500. The topological polar surface area (TPSA) is 59.4 Å². The zero-order chi connectivity index (χ0) is 18.4. The Labute approximate surface area is 167 Å². The average Bonchev–Trinajstić information content (AvgIpc) is 3.11. The second kappa shape index (κ2) is 10.3. The van der Waals surface area contributed by atoms with Crippen molar-refractivity contribution in [2.45, 2.75) is 32.2 Å². The third-order valence-electron chi connectivity index (χ3n) is 4.74. The number of halogens is 1. The standard InChI is InChI=1S/C20H28N4O2.ClH/c1-3-14-26-17-7-4-16(5-8-17)6-9-19(25)24-13-10-21-15-18(24)20-22-11-12-23(20)2;/h4-5,7-8,11-12,18,21H,3,6,9-10,13-15H2,1-2H3;1H. The summed E-state index contributed by atoms with van der Waals surface area (Å²) >= 11 is 0. The maximum absolute atomic E-state index is 12.8. The first-order valence-corrected chi connectivity index (χ1v) is 9.38. The molecule has 0 radical (unpaired) electrons. The summed E-state index contributed by atoms with van der Waals surface area (Å²) in [6.45, 7) is 5.13. The summed E-state index contributed by atoms with van der Waals surface area (Å²) in [7, 11) is 1.97. The van der Waals surface area contributed by atoms with Gasteiger partial charge in [0, 0.05) is 45.5 Å². The van der Waals surface area contributed by atoms with Gasteiger partial charge in [0.15, 0.2) is 0 Å². The number of nitrogens with one attached hydrogen (secondary N) is 1. The summed E-state index contributed by atoms with van der Waals surface area (Å²) in [6.07, 6.45) is 5.96. The van der Waals surface area contributed by atoms with Crippen molar-refractivity contribution in [1.82, 2.24) is 19.8 Å². The highest BCUT2D eigenvalue weighted by Gasteiger charge is 2.29. The number of hydrogen-bond acceptors (Lipinski definition) is 4. The van der Waals surface area contributed by atoms with E-state index in [1.807, 2.05) is 47.0 Å². The van der Waals surface area contributed by atoms with Crippen LogP contribution in [0.5, 0.6) is 5.75 Å². The Morgan fingerprint density at radius 3 is 2.78 bits per heavy atom. The highest BCUT2D eigenvalue weighted by Crippen LogP contribution is 2.22. The first-order chi connectivity index (χ1) is 12.7. The molecule has 1 unspecified atom stereocenters. The van der Waals surface area contributed by atoms with Crippen molar-refractivity contribution < 1.29 is 9.53 Å². The minimum Gasteiger partial charge on any atom is -0.494 e. The number of aryl methyl sites for hydroxylation is 2. The number of amides is 1. The summed E-state index contributed by atoms with van der Waals surface area (Å²) in [5, 5.41) is 3.37. The van der Waals surface area contributed by atoms with E-state index >= 15 is 0 Å². The predicted octanol–water partition coefficient (Wildman–Crippen LogP) is 2.74. The van der Waals surface area contributed by atoms with Crippen LogP contribution < -0.4 is 10.1 Å². The van der Waals surface area contributed by atoms with Gasteiger partial charge in [0.2, 0.25) is 5.91 Å². The van der Waals surface area contributed by atoms with E-state index in [0.717, 1.165) is 56.2 Å². The molecule has 3 rings (SSSR count). The lowest BCUT2D eigenvalue weighted by Gasteiger charge is -2.35. The van der Waals surface area contributed by atoms with Crippen molar-refractivity contribution in [2.75, 3.05) is 26.2 Å². The van der Waals surface area contributed by atoms with Gasteiger partial charge in [0.25, 0.3) is 0 Å². The Kier molecular flexibility index (Phi) is 8.13. The zero-order valence-corrected chi connectivity index (χ0v) is 16.9. The predicted molar refractivity (Wildman–Crippen MR) is 108 cm³/mol. The molecule has 2 aromatic rings. The number of nitrogens with zero attached hydrogens (tertiary/aromatic N) is 3. The van der Waals surface area contributed by atoms with Gasteiger partial charge in [-0.15, -0.1) is 12.4 Å². The van der Waals surface area contributed by atoms with Crippen LogP contribution in [-0.2, 0) is 18.3 Å². The molecule has 0 bridgehead atoms. The summed E-state index contributed by atoms with van der Waals surface area (Å²) in [4.78, 5) is 19.2. The quantitative estimate of drug-likeness (QED) is 0.787. The molecule has 7 heteroatoms. The van der Waals surface area contributed by atoms with Crippen LogP contribution in [0.25, 0.3) is 0 Å².